The van der Waals surface area contributed by atoms with Crippen LogP contribution in [0.25, 0.3) is 16.8 Å². The van der Waals surface area contributed by atoms with Gasteiger partial charge in [0.2, 0.25) is 0 Å². The zero-order valence-electron chi connectivity index (χ0n) is 7.90. The molecule has 1 aliphatic carbocycles. The predicted molar refractivity (Wildman–Crippen MR) is 59.0 cm³/mol. The quantitative estimate of drug-likeness (QED) is 0.657. The summed E-state index contributed by atoms with van der Waals surface area (Å²) in [6.45, 7) is 0. The molecule has 0 aliphatic heterocycles. The fourth-order valence-corrected chi connectivity index (χ4v) is 1.67. The van der Waals surface area contributed by atoms with Gasteiger partial charge in [0.05, 0.1) is 5.69 Å². The summed E-state index contributed by atoms with van der Waals surface area (Å²) in [4.78, 5) is 4.41. The number of benzene rings is 1. The van der Waals surface area contributed by atoms with E-state index in [1.54, 1.807) is 0 Å². The van der Waals surface area contributed by atoms with Crippen molar-refractivity contribution in [3.05, 3.63) is 47.8 Å². The smallest absolute Gasteiger partial charge is 0.0707 e. The topological polar surface area (TPSA) is 12.9 Å². The number of aromatic nitrogens is 1. The molecule has 1 saturated carbocycles. The lowest BCUT2D eigenvalue weighted by Crippen LogP contribution is -1.82. The molecule has 3 rings (SSSR count). The third-order valence-electron chi connectivity index (χ3n) is 2.58. The average molecular weight is 181 g/mol. The molecular formula is C13H11N. The minimum absolute atomic E-state index is 1.12. The maximum Gasteiger partial charge on any atom is 0.0707 e. The molecule has 0 N–H and O–H groups in total. The summed E-state index contributed by atoms with van der Waals surface area (Å²) in [5.41, 5.74) is 2.64. The highest BCUT2D eigenvalue weighted by Gasteiger charge is 2.11. The third-order valence-corrected chi connectivity index (χ3v) is 2.58. The van der Waals surface area contributed by atoms with E-state index in [1.165, 1.54) is 29.2 Å². The molecule has 1 heterocycles. The SMILES string of the molecule is C(=C1CC1)c1nccc2ccccc12. The van der Waals surface area contributed by atoms with E-state index in [0.717, 1.165) is 5.69 Å². The predicted octanol–water partition coefficient (Wildman–Crippen LogP) is 3.41. The van der Waals surface area contributed by atoms with Gasteiger partial charge in [0.15, 0.2) is 0 Å². The Hall–Kier alpha value is -1.63. The molecule has 68 valence electrons. The van der Waals surface area contributed by atoms with Crippen molar-refractivity contribution in [3.63, 3.8) is 0 Å². The van der Waals surface area contributed by atoms with Crippen LogP contribution in [0.4, 0.5) is 0 Å². The molecule has 1 aromatic heterocycles. The van der Waals surface area contributed by atoms with Gasteiger partial charge in [-0.25, -0.2) is 0 Å². The maximum atomic E-state index is 4.41. The first-order valence-electron chi connectivity index (χ1n) is 4.97. The van der Waals surface area contributed by atoms with E-state index < -0.39 is 0 Å². The second kappa shape index (κ2) is 2.95. The summed E-state index contributed by atoms with van der Waals surface area (Å²) in [5.74, 6) is 0. The van der Waals surface area contributed by atoms with Crippen molar-refractivity contribution >= 4 is 16.8 Å². The van der Waals surface area contributed by atoms with Crippen LogP contribution < -0.4 is 0 Å². The minimum atomic E-state index is 1.12. The van der Waals surface area contributed by atoms with E-state index >= 15 is 0 Å². The molecule has 0 radical (unpaired) electrons. The second-order valence-electron chi connectivity index (χ2n) is 3.72. The first-order chi connectivity index (χ1) is 6.93. The lowest BCUT2D eigenvalue weighted by atomic mass is 10.1. The Balaban J connectivity index is 2.27. The van der Waals surface area contributed by atoms with Crippen LogP contribution in [0, 0.1) is 0 Å². The van der Waals surface area contributed by atoms with Crippen molar-refractivity contribution in [2.24, 2.45) is 0 Å². The van der Waals surface area contributed by atoms with Crippen molar-refractivity contribution in [3.8, 4) is 0 Å². The van der Waals surface area contributed by atoms with Gasteiger partial charge < -0.3 is 0 Å². The van der Waals surface area contributed by atoms with Crippen LogP contribution in [0.3, 0.4) is 0 Å². The van der Waals surface area contributed by atoms with Crippen molar-refractivity contribution in [2.75, 3.05) is 0 Å². The van der Waals surface area contributed by atoms with Gasteiger partial charge in [-0.3, -0.25) is 4.98 Å². The highest BCUT2D eigenvalue weighted by molar-refractivity contribution is 5.89. The molecule has 1 aromatic carbocycles. The molecule has 0 unspecified atom stereocenters. The molecule has 1 heteroatoms. The van der Waals surface area contributed by atoms with E-state index in [9.17, 15) is 0 Å². The number of fused-ring (bicyclic) bond motifs is 1. The Labute approximate surface area is 83.1 Å². The number of allylic oxidation sites excluding steroid dienone is 1. The summed E-state index contributed by atoms with van der Waals surface area (Å²) < 4.78 is 0. The monoisotopic (exact) mass is 181 g/mol. The van der Waals surface area contributed by atoms with Gasteiger partial charge >= 0.3 is 0 Å². The van der Waals surface area contributed by atoms with Crippen LogP contribution in [-0.2, 0) is 0 Å². The summed E-state index contributed by atoms with van der Waals surface area (Å²) >= 11 is 0. The van der Waals surface area contributed by atoms with Crippen molar-refractivity contribution in [1.82, 2.24) is 4.98 Å². The standard InChI is InChI=1S/C13H11N/c1-2-4-12-11(3-1)7-8-14-13(12)9-10-5-6-10/h1-4,7-9H,5-6H2. The van der Waals surface area contributed by atoms with Crippen LogP contribution in [0.2, 0.25) is 0 Å². The highest BCUT2D eigenvalue weighted by Crippen LogP contribution is 2.31. The van der Waals surface area contributed by atoms with E-state index in [0.29, 0.717) is 0 Å². The summed E-state index contributed by atoms with van der Waals surface area (Å²) in [6.07, 6.45) is 6.62. The Kier molecular flexibility index (Phi) is 1.63. The van der Waals surface area contributed by atoms with Crippen LogP contribution >= 0.6 is 0 Å². The van der Waals surface area contributed by atoms with Crippen LogP contribution in [0.15, 0.2) is 42.1 Å². The van der Waals surface area contributed by atoms with Crippen LogP contribution in [0.1, 0.15) is 18.5 Å². The molecular weight excluding hydrogens is 170 g/mol. The molecule has 1 fully saturated rings. The summed E-state index contributed by atoms with van der Waals surface area (Å²) in [7, 11) is 0. The average Bonchev–Trinajstić information content (AvgIpc) is 3.03. The van der Waals surface area contributed by atoms with Gasteiger partial charge in [-0.1, -0.05) is 29.8 Å². The second-order valence-corrected chi connectivity index (χ2v) is 3.72. The van der Waals surface area contributed by atoms with Crippen molar-refractivity contribution < 1.29 is 0 Å². The zero-order valence-corrected chi connectivity index (χ0v) is 7.90. The van der Waals surface area contributed by atoms with Gasteiger partial charge in [-0.2, -0.15) is 0 Å². The fraction of sp³-hybridized carbons (Fsp3) is 0.154. The molecule has 14 heavy (non-hydrogen) atoms. The summed E-state index contributed by atoms with van der Waals surface area (Å²) in [6, 6.07) is 10.5. The molecule has 1 aliphatic rings. The largest absolute Gasteiger partial charge is 0.256 e. The minimum Gasteiger partial charge on any atom is -0.256 e. The third kappa shape index (κ3) is 1.31. The van der Waals surface area contributed by atoms with Gasteiger partial charge in [0.1, 0.15) is 0 Å². The molecule has 0 spiro atoms. The fourth-order valence-electron chi connectivity index (χ4n) is 1.67. The molecule has 0 bridgehead atoms. The molecule has 0 atom stereocenters. The Morgan fingerprint density at radius 3 is 2.79 bits per heavy atom. The lowest BCUT2D eigenvalue weighted by molar-refractivity contribution is 1.33. The number of hydrogen-bond donors (Lipinski definition) is 0. The van der Waals surface area contributed by atoms with E-state index in [1.807, 2.05) is 6.20 Å². The first kappa shape index (κ1) is 7.74. The van der Waals surface area contributed by atoms with E-state index in [2.05, 4.69) is 41.4 Å². The number of rotatable bonds is 1. The number of pyridine rings is 1. The van der Waals surface area contributed by atoms with Gasteiger partial charge in [-0.15, -0.1) is 0 Å². The Morgan fingerprint density at radius 1 is 1.07 bits per heavy atom. The van der Waals surface area contributed by atoms with Crippen molar-refractivity contribution in [2.45, 2.75) is 12.8 Å². The first-order valence-corrected chi connectivity index (χ1v) is 4.97. The number of nitrogens with zero attached hydrogens (tertiary/aromatic N) is 1. The zero-order chi connectivity index (χ0) is 9.38. The van der Waals surface area contributed by atoms with Gasteiger partial charge in [0, 0.05) is 11.6 Å². The number of hydrogen-bond acceptors (Lipinski definition) is 1. The van der Waals surface area contributed by atoms with Crippen LogP contribution in [-0.4, -0.2) is 4.98 Å². The Morgan fingerprint density at radius 2 is 1.93 bits per heavy atom. The van der Waals surface area contributed by atoms with Crippen LogP contribution in [0.5, 0.6) is 0 Å². The maximum absolute atomic E-state index is 4.41. The molecule has 2 aromatic rings. The lowest BCUT2D eigenvalue weighted by Gasteiger charge is -1.99. The molecule has 1 nitrogen and oxygen atoms in total. The van der Waals surface area contributed by atoms with Crippen molar-refractivity contribution in [1.29, 1.82) is 0 Å². The van der Waals surface area contributed by atoms with Gasteiger partial charge in [-0.05, 0) is 30.4 Å². The molecule has 0 saturated heterocycles. The van der Waals surface area contributed by atoms with E-state index in [4.69, 9.17) is 0 Å². The highest BCUT2D eigenvalue weighted by atomic mass is 14.7. The Bertz CT molecular complexity index is 500. The van der Waals surface area contributed by atoms with Gasteiger partial charge in [0.25, 0.3) is 0 Å². The molecule has 0 amide bonds. The normalized spacial score (nSPS) is 14.4. The van der Waals surface area contributed by atoms with E-state index in [-0.39, 0.29) is 0 Å². The summed E-state index contributed by atoms with van der Waals surface area (Å²) in [5, 5.41) is 2.53.